The van der Waals surface area contributed by atoms with Crippen molar-refractivity contribution in [2.45, 2.75) is 6.42 Å². The van der Waals surface area contributed by atoms with E-state index in [1.54, 1.807) is 18.2 Å². The van der Waals surface area contributed by atoms with Gasteiger partial charge in [0.1, 0.15) is 5.75 Å². The lowest BCUT2D eigenvalue weighted by molar-refractivity contribution is 0.0358. The Kier molecular flexibility index (Phi) is 5.57. The Morgan fingerprint density at radius 3 is 2.78 bits per heavy atom. The fourth-order valence-electron chi connectivity index (χ4n) is 1.88. The minimum atomic E-state index is 0.603. The van der Waals surface area contributed by atoms with E-state index in [1.807, 2.05) is 0 Å². The third-order valence-electron chi connectivity index (χ3n) is 2.87. The first-order valence-corrected chi connectivity index (χ1v) is 6.89. The molecule has 100 valence electrons. The predicted molar refractivity (Wildman–Crippen MR) is 73.8 cm³/mol. The SMILES string of the molecule is Clc1ccc(Cl)c(OCCCN2CCOCC2)c1. The molecule has 0 unspecified atom stereocenters. The van der Waals surface area contributed by atoms with E-state index in [0.29, 0.717) is 22.4 Å². The van der Waals surface area contributed by atoms with E-state index in [2.05, 4.69) is 4.90 Å². The Balaban J connectivity index is 1.69. The van der Waals surface area contributed by atoms with Crippen molar-refractivity contribution in [3.63, 3.8) is 0 Å². The summed E-state index contributed by atoms with van der Waals surface area (Å²) in [5.74, 6) is 0.658. The highest BCUT2D eigenvalue weighted by Gasteiger charge is 2.09. The van der Waals surface area contributed by atoms with Gasteiger partial charge in [0.25, 0.3) is 0 Å². The highest BCUT2D eigenvalue weighted by atomic mass is 35.5. The van der Waals surface area contributed by atoms with Crippen LogP contribution in [0, 0.1) is 0 Å². The number of ether oxygens (including phenoxy) is 2. The zero-order chi connectivity index (χ0) is 12.8. The molecule has 0 bridgehead atoms. The topological polar surface area (TPSA) is 21.7 Å². The minimum absolute atomic E-state index is 0.603. The molecule has 3 nitrogen and oxygen atoms in total. The van der Waals surface area contributed by atoms with Crippen LogP contribution in [0.2, 0.25) is 10.0 Å². The summed E-state index contributed by atoms with van der Waals surface area (Å²) in [4.78, 5) is 2.38. The Morgan fingerprint density at radius 2 is 2.00 bits per heavy atom. The normalized spacial score (nSPS) is 16.8. The van der Waals surface area contributed by atoms with E-state index in [1.165, 1.54) is 0 Å². The molecule has 0 amide bonds. The smallest absolute Gasteiger partial charge is 0.139 e. The molecule has 5 heteroatoms. The summed E-state index contributed by atoms with van der Waals surface area (Å²) in [7, 11) is 0. The van der Waals surface area contributed by atoms with Crippen molar-refractivity contribution in [1.82, 2.24) is 4.90 Å². The van der Waals surface area contributed by atoms with Crippen molar-refractivity contribution in [1.29, 1.82) is 0 Å². The van der Waals surface area contributed by atoms with E-state index in [4.69, 9.17) is 32.7 Å². The van der Waals surface area contributed by atoms with Gasteiger partial charge >= 0.3 is 0 Å². The summed E-state index contributed by atoms with van der Waals surface area (Å²) >= 11 is 11.9. The molecule has 0 aromatic heterocycles. The summed E-state index contributed by atoms with van der Waals surface area (Å²) in [6.07, 6.45) is 0.975. The minimum Gasteiger partial charge on any atom is -0.492 e. The van der Waals surface area contributed by atoms with Crippen LogP contribution < -0.4 is 4.74 Å². The number of rotatable bonds is 5. The molecule has 1 aromatic rings. The molecule has 18 heavy (non-hydrogen) atoms. The predicted octanol–water partition coefficient (Wildman–Crippen LogP) is 3.09. The Morgan fingerprint density at radius 1 is 1.22 bits per heavy atom. The van der Waals surface area contributed by atoms with Crippen LogP contribution in [0.4, 0.5) is 0 Å². The first kappa shape index (κ1) is 13.9. The monoisotopic (exact) mass is 289 g/mol. The van der Waals surface area contributed by atoms with Crippen LogP contribution in [-0.2, 0) is 4.74 Å². The molecule has 1 aliphatic heterocycles. The fraction of sp³-hybridized carbons (Fsp3) is 0.538. The molecule has 0 atom stereocenters. The lowest BCUT2D eigenvalue weighted by Gasteiger charge is -2.26. The van der Waals surface area contributed by atoms with Crippen molar-refractivity contribution in [2.24, 2.45) is 0 Å². The van der Waals surface area contributed by atoms with Crippen LogP contribution in [0.25, 0.3) is 0 Å². The van der Waals surface area contributed by atoms with Gasteiger partial charge in [0.15, 0.2) is 0 Å². The molecule has 0 aliphatic carbocycles. The Bertz CT molecular complexity index is 381. The summed E-state index contributed by atoms with van der Waals surface area (Å²) in [6, 6.07) is 5.25. The average molecular weight is 290 g/mol. The van der Waals surface area contributed by atoms with Gasteiger partial charge in [0, 0.05) is 30.7 Å². The number of halogens is 2. The fourth-order valence-corrected chi connectivity index (χ4v) is 2.22. The highest BCUT2D eigenvalue weighted by Crippen LogP contribution is 2.27. The molecule has 0 spiro atoms. The third-order valence-corrected chi connectivity index (χ3v) is 3.42. The summed E-state index contributed by atoms with van der Waals surface area (Å²) in [5.41, 5.74) is 0. The van der Waals surface area contributed by atoms with Crippen LogP contribution in [0.1, 0.15) is 6.42 Å². The number of hydrogen-bond donors (Lipinski definition) is 0. The van der Waals surface area contributed by atoms with E-state index in [0.717, 1.165) is 39.3 Å². The van der Waals surface area contributed by atoms with Crippen molar-refractivity contribution in [3.05, 3.63) is 28.2 Å². The molecule has 2 rings (SSSR count). The van der Waals surface area contributed by atoms with E-state index in [-0.39, 0.29) is 0 Å². The third kappa shape index (κ3) is 4.32. The van der Waals surface area contributed by atoms with E-state index in [9.17, 15) is 0 Å². The Labute approximate surface area is 118 Å². The summed E-state index contributed by atoms with van der Waals surface area (Å²) in [6.45, 7) is 5.37. The van der Waals surface area contributed by atoms with Gasteiger partial charge < -0.3 is 9.47 Å². The number of morpholine rings is 1. The van der Waals surface area contributed by atoms with Gasteiger partial charge in [-0.15, -0.1) is 0 Å². The number of nitrogens with zero attached hydrogens (tertiary/aromatic N) is 1. The molecule has 0 radical (unpaired) electrons. The van der Waals surface area contributed by atoms with Crippen molar-refractivity contribution in [3.8, 4) is 5.75 Å². The van der Waals surface area contributed by atoms with Crippen LogP contribution in [0.3, 0.4) is 0 Å². The first-order valence-electron chi connectivity index (χ1n) is 6.13. The quantitative estimate of drug-likeness (QED) is 0.778. The molecule has 1 fully saturated rings. The van der Waals surface area contributed by atoms with Crippen LogP contribution in [0.15, 0.2) is 18.2 Å². The maximum absolute atomic E-state index is 6.01. The summed E-state index contributed by atoms with van der Waals surface area (Å²) in [5, 5.41) is 1.24. The Hall–Kier alpha value is -0.480. The lowest BCUT2D eigenvalue weighted by atomic mass is 10.3. The van der Waals surface area contributed by atoms with Crippen LogP contribution in [-0.4, -0.2) is 44.4 Å². The maximum Gasteiger partial charge on any atom is 0.139 e. The standard InChI is InChI=1S/C13H17Cl2NO2/c14-11-2-3-12(15)13(10-11)18-7-1-4-16-5-8-17-9-6-16/h2-3,10H,1,4-9H2. The second kappa shape index (κ2) is 7.19. The second-order valence-electron chi connectivity index (χ2n) is 4.23. The average Bonchev–Trinajstić information content (AvgIpc) is 2.40. The highest BCUT2D eigenvalue weighted by molar-refractivity contribution is 6.34. The molecule has 1 aromatic carbocycles. The van der Waals surface area contributed by atoms with Gasteiger partial charge in [-0.05, 0) is 18.6 Å². The van der Waals surface area contributed by atoms with Crippen LogP contribution in [0.5, 0.6) is 5.75 Å². The molecular weight excluding hydrogens is 273 g/mol. The number of benzene rings is 1. The lowest BCUT2D eigenvalue weighted by Crippen LogP contribution is -2.37. The first-order chi connectivity index (χ1) is 8.75. The van der Waals surface area contributed by atoms with Crippen molar-refractivity contribution >= 4 is 23.2 Å². The van der Waals surface area contributed by atoms with Gasteiger partial charge in [0.2, 0.25) is 0 Å². The maximum atomic E-state index is 6.01. The van der Waals surface area contributed by atoms with Gasteiger partial charge in [-0.1, -0.05) is 23.2 Å². The molecule has 0 saturated carbocycles. The van der Waals surface area contributed by atoms with Crippen molar-refractivity contribution in [2.75, 3.05) is 39.5 Å². The van der Waals surface area contributed by atoms with E-state index < -0.39 is 0 Å². The zero-order valence-corrected chi connectivity index (χ0v) is 11.7. The zero-order valence-electron chi connectivity index (χ0n) is 10.2. The molecule has 1 saturated heterocycles. The molecular formula is C13H17Cl2NO2. The molecule has 1 heterocycles. The molecule has 1 aliphatic rings. The largest absolute Gasteiger partial charge is 0.492 e. The summed E-state index contributed by atoms with van der Waals surface area (Å²) < 4.78 is 10.9. The van der Waals surface area contributed by atoms with Gasteiger partial charge in [-0.3, -0.25) is 4.90 Å². The number of hydrogen-bond acceptors (Lipinski definition) is 3. The van der Waals surface area contributed by atoms with Gasteiger partial charge in [-0.25, -0.2) is 0 Å². The molecule has 0 N–H and O–H groups in total. The van der Waals surface area contributed by atoms with Crippen LogP contribution >= 0.6 is 23.2 Å². The van der Waals surface area contributed by atoms with Gasteiger partial charge in [0.05, 0.1) is 24.8 Å². The second-order valence-corrected chi connectivity index (χ2v) is 5.07. The van der Waals surface area contributed by atoms with E-state index >= 15 is 0 Å². The van der Waals surface area contributed by atoms with Crippen molar-refractivity contribution < 1.29 is 9.47 Å². The van der Waals surface area contributed by atoms with Gasteiger partial charge in [-0.2, -0.15) is 0 Å².